The second-order valence-corrected chi connectivity index (χ2v) is 3.46. The van der Waals surface area contributed by atoms with Gasteiger partial charge >= 0.3 is 0 Å². The van der Waals surface area contributed by atoms with Crippen LogP contribution in [-0.2, 0) is 16.1 Å². The lowest BCUT2D eigenvalue weighted by molar-refractivity contribution is -0.117. The molecule has 0 atom stereocenters. The molecule has 1 heterocycles. The van der Waals surface area contributed by atoms with Crippen molar-refractivity contribution < 1.29 is 9.59 Å². The van der Waals surface area contributed by atoms with E-state index >= 15 is 0 Å². The first kappa shape index (κ1) is 12.9. The summed E-state index contributed by atoms with van der Waals surface area (Å²) < 4.78 is 0. The van der Waals surface area contributed by atoms with E-state index in [1.54, 1.807) is 18.3 Å². The maximum atomic E-state index is 10.9. The van der Waals surface area contributed by atoms with Crippen LogP contribution < -0.4 is 22.1 Å². The maximum Gasteiger partial charge on any atom is 0.236 e. The fourth-order valence-electron chi connectivity index (χ4n) is 1.48. The lowest BCUT2D eigenvalue weighted by Crippen LogP contribution is -2.40. The molecule has 0 unspecified atom stereocenters. The Bertz CT molecular complexity index is 405. The molecule has 1 rings (SSSR count). The summed E-state index contributed by atoms with van der Waals surface area (Å²) in [5.74, 6) is -1.11. The van der Waals surface area contributed by atoms with E-state index in [1.807, 2.05) is 0 Å². The van der Waals surface area contributed by atoms with Gasteiger partial charge in [0, 0.05) is 12.7 Å². The number of hydrogen-bond donors (Lipinski definition) is 3. The molecule has 17 heavy (non-hydrogen) atoms. The first-order valence-corrected chi connectivity index (χ1v) is 5.00. The molecule has 7 heteroatoms. The average molecular weight is 237 g/mol. The van der Waals surface area contributed by atoms with E-state index in [0.29, 0.717) is 11.4 Å². The first-order valence-electron chi connectivity index (χ1n) is 5.00. The number of anilines is 1. The molecule has 0 radical (unpaired) electrons. The Morgan fingerprint density at radius 1 is 1.24 bits per heavy atom. The molecule has 1 aromatic heterocycles. The van der Waals surface area contributed by atoms with E-state index in [2.05, 4.69) is 4.98 Å². The standard InChI is InChI=1S/C10H15N5O2/c11-4-7-8(2-1-3-14-7)15(5-9(12)16)6-10(13)17/h1-3H,4-6,11H2,(H2,12,16)(H2,13,17). The van der Waals surface area contributed by atoms with Crippen LogP contribution in [-0.4, -0.2) is 29.9 Å². The number of aromatic nitrogens is 1. The van der Waals surface area contributed by atoms with E-state index in [0.717, 1.165) is 0 Å². The van der Waals surface area contributed by atoms with Gasteiger partial charge in [0.2, 0.25) is 11.8 Å². The molecule has 0 spiro atoms. The molecule has 1 aromatic rings. The van der Waals surface area contributed by atoms with Crippen molar-refractivity contribution in [3.8, 4) is 0 Å². The van der Waals surface area contributed by atoms with Gasteiger partial charge < -0.3 is 22.1 Å². The summed E-state index contributed by atoms with van der Waals surface area (Å²) in [5.41, 5.74) is 16.9. The van der Waals surface area contributed by atoms with Crippen molar-refractivity contribution in [1.82, 2.24) is 4.98 Å². The Morgan fingerprint density at radius 3 is 2.29 bits per heavy atom. The normalized spacial score (nSPS) is 9.94. The monoisotopic (exact) mass is 237 g/mol. The third-order valence-electron chi connectivity index (χ3n) is 2.09. The highest BCUT2D eigenvalue weighted by Gasteiger charge is 2.15. The number of rotatable bonds is 6. The Morgan fingerprint density at radius 2 is 1.82 bits per heavy atom. The van der Waals surface area contributed by atoms with Crippen LogP contribution in [0.5, 0.6) is 0 Å². The molecule has 0 aliphatic rings. The van der Waals surface area contributed by atoms with Gasteiger partial charge in [0.15, 0.2) is 0 Å². The molecule has 0 aromatic carbocycles. The van der Waals surface area contributed by atoms with Gasteiger partial charge in [0.1, 0.15) is 0 Å². The van der Waals surface area contributed by atoms with E-state index < -0.39 is 11.8 Å². The summed E-state index contributed by atoms with van der Waals surface area (Å²) in [7, 11) is 0. The van der Waals surface area contributed by atoms with Crippen molar-refractivity contribution in [2.45, 2.75) is 6.54 Å². The summed E-state index contributed by atoms with van der Waals surface area (Å²) in [6.45, 7) is -0.0204. The number of pyridine rings is 1. The van der Waals surface area contributed by atoms with Crippen LogP contribution in [0, 0.1) is 0 Å². The predicted octanol–water partition coefficient (Wildman–Crippen LogP) is -1.68. The SMILES string of the molecule is NCc1ncccc1N(CC(N)=O)CC(N)=O. The highest BCUT2D eigenvalue weighted by atomic mass is 16.2. The van der Waals surface area contributed by atoms with Gasteiger partial charge in [-0.2, -0.15) is 0 Å². The Hall–Kier alpha value is -2.15. The summed E-state index contributed by atoms with van der Waals surface area (Å²) in [5, 5.41) is 0. The average Bonchev–Trinajstić information content (AvgIpc) is 2.27. The zero-order valence-corrected chi connectivity index (χ0v) is 9.30. The smallest absolute Gasteiger partial charge is 0.236 e. The number of nitrogens with two attached hydrogens (primary N) is 3. The fourth-order valence-corrected chi connectivity index (χ4v) is 1.48. The molecular formula is C10H15N5O2. The molecular weight excluding hydrogens is 222 g/mol. The van der Waals surface area contributed by atoms with E-state index in [9.17, 15) is 9.59 Å². The van der Waals surface area contributed by atoms with Crippen molar-refractivity contribution in [3.63, 3.8) is 0 Å². The molecule has 2 amide bonds. The summed E-state index contributed by atoms with van der Waals surface area (Å²) in [6, 6.07) is 3.39. The van der Waals surface area contributed by atoms with Crippen molar-refractivity contribution in [3.05, 3.63) is 24.0 Å². The second-order valence-electron chi connectivity index (χ2n) is 3.46. The van der Waals surface area contributed by atoms with Crippen molar-refractivity contribution in [2.24, 2.45) is 17.2 Å². The largest absolute Gasteiger partial charge is 0.368 e. The van der Waals surface area contributed by atoms with Gasteiger partial charge in [-0.3, -0.25) is 14.6 Å². The summed E-state index contributed by atoms with van der Waals surface area (Å²) in [4.78, 5) is 27.4. The van der Waals surface area contributed by atoms with Crippen LogP contribution in [0.2, 0.25) is 0 Å². The molecule has 0 fully saturated rings. The fraction of sp³-hybridized carbons (Fsp3) is 0.300. The van der Waals surface area contributed by atoms with Gasteiger partial charge in [-0.05, 0) is 12.1 Å². The highest BCUT2D eigenvalue weighted by Crippen LogP contribution is 2.17. The lowest BCUT2D eigenvalue weighted by Gasteiger charge is -2.23. The van der Waals surface area contributed by atoms with Crippen LogP contribution >= 0.6 is 0 Å². The van der Waals surface area contributed by atoms with Gasteiger partial charge in [-0.25, -0.2) is 0 Å². The molecule has 7 nitrogen and oxygen atoms in total. The zero-order chi connectivity index (χ0) is 12.8. The molecule has 0 saturated carbocycles. The van der Waals surface area contributed by atoms with Gasteiger partial charge in [0.25, 0.3) is 0 Å². The number of primary amides is 2. The third-order valence-corrected chi connectivity index (χ3v) is 2.09. The number of amides is 2. The van der Waals surface area contributed by atoms with E-state index in [4.69, 9.17) is 17.2 Å². The minimum atomic E-state index is -0.557. The zero-order valence-electron chi connectivity index (χ0n) is 9.30. The maximum absolute atomic E-state index is 10.9. The predicted molar refractivity (Wildman–Crippen MR) is 62.7 cm³/mol. The summed E-state index contributed by atoms with van der Waals surface area (Å²) >= 11 is 0. The van der Waals surface area contributed by atoms with Crippen LogP contribution in [0.15, 0.2) is 18.3 Å². The first-order chi connectivity index (χ1) is 8.04. The Labute approximate surface area is 98.6 Å². The van der Waals surface area contributed by atoms with Crippen LogP contribution in [0.25, 0.3) is 0 Å². The number of carbonyl (C=O) groups excluding carboxylic acids is 2. The summed E-state index contributed by atoms with van der Waals surface area (Å²) in [6.07, 6.45) is 1.58. The molecule has 0 aliphatic carbocycles. The van der Waals surface area contributed by atoms with Crippen molar-refractivity contribution in [1.29, 1.82) is 0 Å². The number of carbonyl (C=O) groups is 2. The molecule has 0 aliphatic heterocycles. The van der Waals surface area contributed by atoms with Crippen molar-refractivity contribution in [2.75, 3.05) is 18.0 Å². The molecule has 6 N–H and O–H groups in total. The number of hydrogen-bond acceptors (Lipinski definition) is 5. The van der Waals surface area contributed by atoms with Crippen molar-refractivity contribution >= 4 is 17.5 Å². The van der Waals surface area contributed by atoms with E-state index in [-0.39, 0.29) is 19.6 Å². The Kier molecular flexibility index (Phi) is 4.41. The van der Waals surface area contributed by atoms with Crippen LogP contribution in [0.1, 0.15) is 5.69 Å². The highest BCUT2D eigenvalue weighted by molar-refractivity contribution is 5.85. The molecule has 0 saturated heterocycles. The van der Waals surface area contributed by atoms with Crippen LogP contribution in [0.4, 0.5) is 5.69 Å². The molecule has 0 bridgehead atoms. The van der Waals surface area contributed by atoms with E-state index in [1.165, 1.54) is 4.90 Å². The van der Waals surface area contributed by atoms with Crippen LogP contribution in [0.3, 0.4) is 0 Å². The van der Waals surface area contributed by atoms with Gasteiger partial charge in [-0.15, -0.1) is 0 Å². The molecule has 92 valence electrons. The topological polar surface area (TPSA) is 128 Å². The lowest BCUT2D eigenvalue weighted by atomic mass is 10.2. The third kappa shape index (κ3) is 3.72. The quantitative estimate of drug-likeness (QED) is 0.544. The minimum Gasteiger partial charge on any atom is -0.368 e. The number of nitrogens with zero attached hydrogens (tertiary/aromatic N) is 2. The van der Waals surface area contributed by atoms with Gasteiger partial charge in [0.05, 0.1) is 24.5 Å². The Balaban J connectivity index is 3.02. The van der Waals surface area contributed by atoms with Gasteiger partial charge in [-0.1, -0.05) is 0 Å². The minimum absolute atomic E-state index is 0.109. The second kappa shape index (κ2) is 5.80.